The van der Waals surface area contributed by atoms with Crippen LogP contribution >= 0.6 is 24.2 Å². The van der Waals surface area contributed by atoms with E-state index in [1.54, 1.807) is 11.8 Å². The summed E-state index contributed by atoms with van der Waals surface area (Å²) in [5, 5.41) is 0. The van der Waals surface area contributed by atoms with Gasteiger partial charge >= 0.3 is 0 Å². The van der Waals surface area contributed by atoms with E-state index in [0.717, 1.165) is 25.3 Å². The van der Waals surface area contributed by atoms with Gasteiger partial charge in [-0.1, -0.05) is 19.9 Å². The molecule has 1 unspecified atom stereocenters. The molecule has 2 N–H and O–H groups in total. The minimum atomic E-state index is 0. The maximum atomic E-state index is 12.4. The third-order valence-electron chi connectivity index (χ3n) is 4.73. The first kappa shape index (κ1) is 20.3. The number of nitrogens with two attached hydrogens (primary N) is 1. The van der Waals surface area contributed by atoms with Crippen LogP contribution in [-0.2, 0) is 4.79 Å². The number of thioether (sulfide) groups is 1. The fourth-order valence-electron chi connectivity index (χ4n) is 2.80. The summed E-state index contributed by atoms with van der Waals surface area (Å²) in [5.41, 5.74) is 8.78. The molecular formula is C18H29ClN2OS. The molecule has 0 saturated carbocycles. The quantitative estimate of drug-likeness (QED) is 0.835. The lowest BCUT2D eigenvalue weighted by atomic mass is 9.79. The minimum Gasteiger partial charge on any atom is -0.342 e. The van der Waals surface area contributed by atoms with Crippen molar-refractivity contribution in [3.63, 3.8) is 0 Å². The van der Waals surface area contributed by atoms with Crippen molar-refractivity contribution in [2.45, 2.75) is 51.5 Å². The molecule has 130 valence electrons. The molecule has 0 aliphatic carbocycles. The van der Waals surface area contributed by atoms with Crippen LogP contribution in [0.1, 0.15) is 37.8 Å². The van der Waals surface area contributed by atoms with Gasteiger partial charge in [0.15, 0.2) is 0 Å². The number of carbonyl (C=O) groups is 1. The number of hydrogen-bond donors (Lipinski definition) is 1. The van der Waals surface area contributed by atoms with E-state index in [-0.39, 0.29) is 29.8 Å². The molecule has 5 heteroatoms. The Morgan fingerprint density at radius 3 is 2.65 bits per heavy atom. The molecule has 1 aliphatic heterocycles. The zero-order valence-corrected chi connectivity index (χ0v) is 16.2. The first-order chi connectivity index (χ1) is 10.3. The van der Waals surface area contributed by atoms with E-state index in [4.69, 9.17) is 5.73 Å². The normalized spacial score (nSPS) is 20.0. The Hall–Kier alpha value is -0.710. The summed E-state index contributed by atoms with van der Waals surface area (Å²) in [6.45, 7) is 10.1. The van der Waals surface area contributed by atoms with Gasteiger partial charge in [0, 0.05) is 36.2 Å². The molecule has 1 aromatic rings. The molecule has 0 bridgehead atoms. The van der Waals surface area contributed by atoms with Crippen LogP contribution in [0.25, 0.3) is 0 Å². The first-order valence-electron chi connectivity index (χ1n) is 8.03. The van der Waals surface area contributed by atoms with Gasteiger partial charge in [0.1, 0.15) is 0 Å². The Morgan fingerprint density at radius 1 is 1.35 bits per heavy atom. The molecule has 1 saturated heterocycles. The number of rotatable bonds is 4. The lowest BCUT2D eigenvalue weighted by Gasteiger charge is -2.42. The third kappa shape index (κ3) is 5.40. The number of nitrogens with zero attached hydrogens (tertiary/aromatic N) is 1. The van der Waals surface area contributed by atoms with E-state index in [1.165, 1.54) is 16.0 Å². The van der Waals surface area contributed by atoms with Crippen LogP contribution in [-0.4, -0.2) is 35.7 Å². The van der Waals surface area contributed by atoms with Gasteiger partial charge in [-0.15, -0.1) is 24.2 Å². The van der Waals surface area contributed by atoms with Crippen molar-refractivity contribution >= 4 is 30.1 Å². The number of halogens is 1. The van der Waals surface area contributed by atoms with E-state index in [1.807, 2.05) is 4.90 Å². The highest BCUT2D eigenvalue weighted by Gasteiger charge is 2.34. The molecule has 1 fully saturated rings. The summed E-state index contributed by atoms with van der Waals surface area (Å²) in [4.78, 5) is 15.6. The van der Waals surface area contributed by atoms with Crippen LogP contribution in [0.4, 0.5) is 0 Å². The van der Waals surface area contributed by atoms with E-state index in [9.17, 15) is 4.79 Å². The van der Waals surface area contributed by atoms with E-state index < -0.39 is 0 Å². The molecule has 3 nitrogen and oxygen atoms in total. The topological polar surface area (TPSA) is 46.3 Å². The first-order valence-corrected chi connectivity index (χ1v) is 9.01. The van der Waals surface area contributed by atoms with Crippen LogP contribution in [0.15, 0.2) is 23.1 Å². The van der Waals surface area contributed by atoms with Crippen molar-refractivity contribution in [1.29, 1.82) is 0 Å². The maximum Gasteiger partial charge on any atom is 0.223 e. The average molecular weight is 357 g/mol. The van der Waals surface area contributed by atoms with E-state index in [2.05, 4.69) is 45.9 Å². The molecule has 1 amide bonds. The highest BCUT2D eigenvalue weighted by Crippen LogP contribution is 2.28. The van der Waals surface area contributed by atoms with Crippen LogP contribution in [0.3, 0.4) is 0 Å². The fraction of sp³-hybridized carbons (Fsp3) is 0.611. The predicted molar refractivity (Wildman–Crippen MR) is 101 cm³/mol. The van der Waals surface area contributed by atoms with Crippen LogP contribution in [0.2, 0.25) is 0 Å². The number of piperidine rings is 1. The van der Waals surface area contributed by atoms with Crippen molar-refractivity contribution in [1.82, 2.24) is 4.90 Å². The number of carbonyl (C=O) groups excluding carboxylic acids is 1. The summed E-state index contributed by atoms with van der Waals surface area (Å²) in [6, 6.07) is 6.68. The number of aryl methyl sites for hydroxylation is 2. The molecule has 2 rings (SSSR count). The number of hydrogen-bond acceptors (Lipinski definition) is 3. The molecule has 1 heterocycles. The Morgan fingerprint density at radius 2 is 2.04 bits per heavy atom. The van der Waals surface area contributed by atoms with E-state index >= 15 is 0 Å². The van der Waals surface area contributed by atoms with Crippen molar-refractivity contribution in [3.8, 4) is 0 Å². The van der Waals surface area contributed by atoms with Gasteiger partial charge in [-0.3, -0.25) is 4.79 Å². The summed E-state index contributed by atoms with van der Waals surface area (Å²) < 4.78 is 0. The summed E-state index contributed by atoms with van der Waals surface area (Å²) in [5.74, 6) is 1.10. The Bertz CT molecular complexity index is 548. The van der Waals surface area contributed by atoms with Gasteiger partial charge < -0.3 is 10.6 Å². The SMILES string of the molecule is Cc1ccc(SCCC(=O)N2CCC(N)C(C)(C)C2)cc1C.Cl. The zero-order chi connectivity index (χ0) is 16.3. The average Bonchev–Trinajstić information content (AvgIpc) is 2.45. The van der Waals surface area contributed by atoms with Gasteiger partial charge in [-0.25, -0.2) is 0 Å². The Balaban J connectivity index is 0.00000264. The van der Waals surface area contributed by atoms with Gasteiger partial charge in [0.05, 0.1) is 0 Å². The van der Waals surface area contributed by atoms with Crippen LogP contribution in [0, 0.1) is 19.3 Å². The number of amides is 1. The zero-order valence-electron chi connectivity index (χ0n) is 14.6. The summed E-state index contributed by atoms with van der Waals surface area (Å²) in [6.07, 6.45) is 1.51. The monoisotopic (exact) mass is 356 g/mol. The van der Waals surface area contributed by atoms with Crippen molar-refractivity contribution < 1.29 is 4.79 Å². The second-order valence-electron chi connectivity index (χ2n) is 7.04. The van der Waals surface area contributed by atoms with Crippen LogP contribution < -0.4 is 5.73 Å². The third-order valence-corrected chi connectivity index (χ3v) is 5.72. The van der Waals surface area contributed by atoms with E-state index in [0.29, 0.717) is 6.42 Å². The largest absolute Gasteiger partial charge is 0.342 e. The highest BCUT2D eigenvalue weighted by atomic mass is 35.5. The molecule has 0 radical (unpaired) electrons. The van der Waals surface area contributed by atoms with Gasteiger partial charge in [0.2, 0.25) is 5.91 Å². The van der Waals surface area contributed by atoms with Gasteiger partial charge in [0.25, 0.3) is 0 Å². The van der Waals surface area contributed by atoms with Crippen molar-refractivity contribution in [2.75, 3.05) is 18.8 Å². The number of benzene rings is 1. The second-order valence-corrected chi connectivity index (χ2v) is 8.21. The molecule has 0 spiro atoms. The van der Waals surface area contributed by atoms with Crippen molar-refractivity contribution in [2.24, 2.45) is 11.1 Å². The fourth-order valence-corrected chi connectivity index (χ4v) is 3.74. The van der Waals surface area contributed by atoms with Crippen LogP contribution in [0.5, 0.6) is 0 Å². The maximum absolute atomic E-state index is 12.4. The highest BCUT2D eigenvalue weighted by molar-refractivity contribution is 7.99. The molecule has 1 aliphatic rings. The molecule has 1 aromatic carbocycles. The molecular weight excluding hydrogens is 328 g/mol. The molecule has 0 aromatic heterocycles. The predicted octanol–water partition coefficient (Wildman–Crippen LogP) is 3.79. The van der Waals surface area contributed by atoms with Gasteiger partial charge in [-0.2, -0.15) is 0 Å². The lowest BCUT2D eigenvalue weighted by molar-refractivity contribution is -0.134. The summed E-state index contributed by atoms with van der Waals surface area (Å²) in [7, 11) is 0. The smallest absolute Gasteiger partial charge is 0.223 e. The summed E-state index contributed by atoms with van der Waals surface area (Å²) >= 11 is 1.76. The standard InChI is InChI=1S/C18H28N2OS.ClH/c1-13-5-6-15(11-14(13)2)22-10-8-17(21)20-9-7-16(19)18(3,4)12-20;/h5-6,11,16H,7-10,12,19H2,1-4H3;1H. The van der Waals surface area contributed by atoms with Crippen molar-refractivity contribution in [3.05, 3.63) is 29.3 Å². The Labute approximate surface area is 150 Å². The lowest BCUT2D eigenvalue weighted by Crippen LogP contribution is -2.54. The second kappa shape index (κ2) is 8.41. The Kier molecular flexibility index (Phi) is 7.43. The van der Waals surface area contributed by atoms with Gasteiger partial charge in [-0.05, 0) is 48.9 Å². The minimum absolute atomic E-state index is 0. The number of likely N-dealkylation sites (tertiary alicyclic amines) is 1. The molecule has 1 atom stereocenters. The molecule has 23 heavy (non-hydrogen) atoms.